The summed E-state index contributed by atoms with van der Waals surface area (Å²) in [5.74, 6) is -1.80. The molecule has 7 atom stereocenters. The number of esters is 2. The Morgan fingerprint density at radius 1 is 0.763 bits per heavy atom. The van der Waals surface area contributed by atoms with Crippen LogP contribution in [0.15, 0.2) is 60.8 Å². The summed E-state index contributed by atoms with van der Waals surface area (Å²) in [4.78, 5) is 35.6. The summed E-state index contributed by atoms with van der Waals surface area (Å²) in [5, 5.41) is 31.4. The number of aliphatic hydroxyl groups excluding tert-OH is 3. The number of likely N-dealkylation sites (N-methyl/N-ethyl adjacent to an activating group) is 1. The Balaban J connectivity index is 2.59. The number of allylic oxidation sites excluding steroid dienone is 7. The highest BCUT2D eigenvalue weighted by molar-refractivity contribution is 7.47. The van der Waals surface area contributed by atoms with Gasteiger partial charge in [0, 0.05) is 18.8 Å². The fourth-order valence-electron chi connectivity index (χ4n) is 6.53. The van der Waals surface area contributed by atoms with Crippen molar-refractivity contribution in [2.75, 3.05) is 47.5 Å². The third-order valence-electron chi connectivity index (χ3n) is 10.1. The number of nitrogens with zero attached hydrogens (tertiary/aromatic N) is 1. The number of quaternary nitrogens is 1. The first-order valence-electron chi connectivity index (χ1n) is 22.3. The van der Waals surface area contributed by atoms with Crippen LogP contribution in [0.4, 0.5) is 0 Å². The van der Waals surface area contributed by atoms with Crippen molar-refractivity contribution in [2.45, 2.75) is 160 Å². The molecule has 0 spiro atoms. The molecule has 0 amide bonds. The zero-order valence-electron chi connectivity index (χ0n) is 37.0. The fraction of sp³-hybridized carbons (Fsp3) is 0.739. The largest absolute Gasteiger partial charge is 0.472 e. The number of phosphoric acid groups is 1. The van der Waals surface area contributed by atoms with E-state index in [2.05, 4.69) is 44.2 Å². The van der Waals surface area contributed by atoms with E-state index in [9.17, 15) is 34.4 Å². The van der Waals surface area contributed by atoms with E-state index in [0.29, 0.717) is 36.7 Å². The summed E-state index contributed by atoms with van der Waals surface area (Å²) in [7, 11) is 1.25. The number of phosphoric ester groups is 1. The Hall–Kier alpha value is -2.41. The van der Waals surface area contributed by atoms with Gasteiger partial charge in [0.15, 0.2) is 6.10 Å². The second-order valence-corrected chi connectivity index (χ2v) is 18.2. The molecule has 1 fully saturated rings. The number of carbonyl (C=O) groups excluding carboxylic acids is 2. The lowest BCUT2D eigenvalue weighted by Crippen LogP contribution is -2.37. The first kappa shape index (κ1) is 54.6. The molecule has 0 aromatic carbocycles. The molecule has 1 aliphatic carbocycles. The first-order valence-corrected chi connectivity index (χ1v) is 23.8. The number of hydrogen-bond donors (Lipinski definition) is 4. The highest BCUT2D eigenvalue weighted by Gasteiger charge is 2.39. The molecule has 13 heteroatoms. The van der Waals surface area contributed by atoms with Gasteiger partial charge in [0.05, 0.1) is 52.5 Å². The van der Waals surface area contributed by atoms with Crippen LogP contribution in [0.2, 0.25) is 0 Å². The second-order valence-electron chi connectivity index (χ2n) is 16.7. The van der Waals surface area contributed by atoms with Gasteiger partial charge in [-0.3, -0.25) is 18.6 Å². The predicted molar refractivity (Wildman–Crippen MR) is 235 cm³/mol. The van der Waals surface area contributed by atoms with Gasteiger partial charge in [-0.05, 0) is 57.3 Å². The lowest BCUT2D eigenvalue weighted by Gasteiger charge is -2.24. The maximum Gasteiger partial charge on any atom is 0.472 e. The van der Waals surface area contributed by atoms with Crippen LogP contribution in [0.3, 0.4) is 0 Å². The molecule has 1 aliphatic rings. The summed E-state index contributed by atoms with van der Waals surface area (Å²) < 4.78 is 34.1. The van der Waals surface area contributed by atoms with Crippen molar-refractivity contribution in [2.24, 2.45) is 11.8 Å². The number of hydrogen-bond acceptors (Lipinski definition) is 10. The van der Waals surface area contributed by atoms with E-state index < -0.39 is 50.8 Å². The summed E-state index contributed by atoms with van der Waals surface area (Å²) >= 11 is 0. The average Bonchev–Trinajstić information content (AvgIpc) is 3.44. The number of rotatable bonds is 35. The van der Waals surface area contributed by atoms with Crippen molar-refractivity contribution in [3.8, 4) is 0 Å². The van der Waals surface area contributed by atoms with Crippen molar-refractivity contribution < 1.29 is 57.4 Å². The van der Waals surface area contributed by atoms with Crippen LogP contribution in [-0.2, 0) is 32.7 Å². The molecule has 340 valence electrons. The van der Waals surface area contributed by atoms with Crippen LogP contribution < -0.4 is 0 Å². The van der Waals surface area contributed by atoms with Gasteiger partial charge in [0.25, 0.3) is 0 Å². The monoisotopic (exact) mass is 855 g/mol. The van der Waals surface area contributed by atoms with E-state index in [1.165, 1.54) is 38.5 Å². The summed E-state index contributed by atoms with van der Waals surface area (Å²) in [6.45, 7) is 3.85. The molecule has 1 saturated carbocycles. The van der Waals surface area contributed by atoms with E-state index >= 15 is 0 Å². The molecule has 0 heterocycles. The van der Waals surface area contributed by atoms with Gasteiger partial charge in [-0.25, -0.2) is 4.57 Å². The smallest absolute Gasteiger partial charge is 0.462 e. The molecule has 59 heavy (non-hydrogen) atoms. The lowest BCUT2D eigenvalue weighted by molar-refractivity contribution is -0.870. The minimum atomic E-state index is -4.48. The average molecular weight is 855 g/mol. The van der Waals surface area contributed by atoms with Gasteiger partial charge in [0.2, 0.25) is 0 Å². The van der Waals surface area contributed by atoms with E-state index in [-0.39, 0.29) is 44.3 Å². The van der Waals surface area contributed by atoms with Crippen molar-refractivity contribution in [3.63, 3.8) is 0 Å². The Labute approximate surface area is 356 Å². The van der Waals surface area contributed by atoms with E-state index in [1.54, 1.807) is 24.3 Å². The molecular formula is C46H81NO11P+. The van der Waals surface area contributed by atoms with Crippen LogP contribution in [-0.4, -0.2) is 109 Å². The third kappa shape index (κ3) is 30.3. The molecule has 0 radical (unpaired) electrons. The SMILES string of the molecule is CCCCCCCC/C=C\C/C=C\C/C=C\CCCC(=O)OC[C@H](COP(=O)(O)OCC[N+](C)(C)C)OC(=O)C/C=C\C[C@H]1[C@@H](/C=C/[C@H](O)CCCCC)[C@H](O)C[C@@H]1O. The van der Waals surface area contributed by atoms with Crippen LogP contribution >= 0.6 is 7.82 Å². The molecule has 1 unspecified atom stereocenters. The zero-order chi connectivity index (χ0) is 43.8. The Morgan fingerprint density at radius 2 is 1.39 bits per heavy atom. The van der Waals surface area contributed by atoms with Gasteiger partial charge >= 0.3 is 19.8 Å². The van der Waals surface area contributed by atoms with Gasteiger partial charge in [0.1, 0.15) is 19.8 Å². The van der Waals surface area contributed by atoms with Crippen LogP contribution in [0.1, 0.15) is 136 Å². The topological polar surface area (TPSA) is 169 Å². The standard InChI is InChI=1S/C46H80NO11P/c1-6-8-10-11-12-13-14-15-16-17-18-19-20-21-22-23-25-30-45(51)55-37-40(38-57-59(53,54)56-35-34-47(3,4)5)58-46(52)31-27-26-29-41-42(44(50)36-43(41)49)33-32-39(48)28-24-9-7-2/h15-16,18-19,21-22,26-27,32-33,39-44,48-50H,6-14,17,20,23-25,28-31,34-38H2,1-5H3/p+1/b16-15-,19-18-,22-21-,27-26-,33-32+/t39-,40-,41+,42-,43+,44-/m1/s1. The Bertz CT molecular complexity index is 1310. The van der Waals surface area contributed by atoms with Crippen molar-refractivity contribution in [1.29, 1.82) is 0 Å². The molecule has 1 rings (SSSR count). The van der Waals surface area contributed by atoms with Gasteiger partial charge in [-0.1, -0.05) is 126 Å². The van der Waals surface area contributed by atoms with Crippen LogP contribution in [0.5, 0.6) is 0 Å². The highest BCUT2D eigenvalue weighted by atomic mass is 31.2. The molecular weight excluding hydrogens is 773 g/mol. The van der Waals surface area contributed by atoms with Gasteiger partial charge in [-0.15, -0.1) is 0 Å². The third-order valence-corrected chi connectivity index (χ3v) is 11.1. The van der Waals surface area contributed by atoms with Gasteiger partial charge in [-0.2, -0.15) is 0 Å². The first-order chi connectivity index (χ1) is 28.2. The highest BCUT2D eigenvalue weighted by Crippen LogP contribution is 2.43. The predicted octanol–water partition coefficient (Wildman–Crippen LogP) is 8.84. The van der Waals surface area contributed by atoms with Crippen molar-refractivity contribution >= 4 is 19.8 Å². The number of aliphatic hydroxyl groups is 3. The molecule has 0 aliphatic heterocycles. The maximum absolute atomic E-state index is 12.8. The molecule has 4 N–H and O–H groups in total. The van der Waals surface area contributed by atoms with Crippen molar-refractivity contribution in [1.82, 2.24) is 0 Å². The number of unbranched alkanes of at least 4 members (excludes halogenated alkanes) is 9. The van der Waals surface area contributed by atoms with Crippen molar-refractivity contribution in [3.05, 3.63) is 60.8 Å². The minimum absolute atomic E-state index is 0.0359. The van der Waals surface area contributed by atoms with Gasteiger partial charge < -0.3 is 34.2 Å². The fourth-order valence-corrected chi connectivity index (χ4v) is 7.27. The van der Waals surface area contributed by atoms with Crippen LogP contribution in [0, 0.1) is 11.8 Å². The normalized spacial score (nSPS) is 21.0. The quantitative estimate of drug-likeness (QED) is 0.0158. The lowest BCUT2D eigenvalue weighted by atomic mass is 9.89. The Morgan fingerprint density at radius 3 is 2.07 bits per heavy atom. The summed E-state index contributed by atoms with van der Waals surface area (Å²) in [5.41, 5.74) is 0. The number of ether oxygens (including phenoxy) is 2. The van der Waals surface area contributed by atoms with Crippen LogP contribution in [0.25, 0.3) is 0 Å². The van der Waals surface area contributed by atoms with E-state index in [1.807, 2.05) is 27.2 Å². The molecule has 0 bridgehead atoms. The molecule has 0 aromatic rings. The zero-order valence-corrected chi connectivity index (χ0v) is 37.9. The van der Waals surface area contributed by atoms with E-state index in [4.69, 9.17) is 18.5 Å². The molecule has 0 aromatic heterocycles. The van der Waals surface area contributed by atoms with E-state index in [0.717, 1.165) is 38.5 Å². The maximum atomic E-state index is 12.8. The second kappa shape index (κ2) is 33.2. The Kier molecular flexibility index (Phi) is 30.8. The summed E-state index contributed by atoms with van der Waals surface area (Å²) in [6, 6.07) is 0. The minimum Gasteiger partial charge on any atom is -0.462 e. The molecule has 12 nitrogen and oxygen atoms in total. The number of carbonyl (C=O) groups is 2. The summed E-state index contributed by atoms with van der Waals surface area (Å²) in [6.07, 6.45) is 32.7. The molecule has 0 saturated heterocycles.